The second-order valence-corrected chi connectivity index (χ2v) is 4.30. The van der Waals surface area contributed by atoms with Gasteiger partial charge >= 0.3 is 6.18 Å². The minimum atomic E-state index is -4.44. The number of amides is 1. The van der Waals surface area contributed by atoms with Crippen LogP contribution in [0.15, 0.2) is 22.7 Å². The lowest BCUT2D eigenvalue weighted by molar-refractivity contribution is -0.138. The molecular formula is C10H9BrF3NO2. The van der Waals surface area contributed by atoms with Gasteiger partial charge in [-0.3, -0.25) is 4.79 Å². The SMILES string of the molecule is CN(CC(F)(F)F)C(=O)c1ccc(Br)c(O)c1. The topological polar surface area (TPSA) is 40.5 Å². The van der Waals surface area contributed by atoms with Crippen LogP contribution in [0.5, 0.6) is 5.75 Å². The van der Waals surface area contributed by atoms with E-state index in [2.05, 4.69) is 15.9 Å². The third-order valence-corrected chi connectivity index (χ3v) is 2.63. The number of carbonyl (C=O) groups excluding carboxylic acids is 1. The van der Waals surface area contributed by atoms with Gasteiger partial charge in [-0.1, -0.05) is 0 Å². The van der Waals surface area contributed by atoms with Gasteiger partial charge in [-0.15, -0.1) is 0 Å². The van der Waals surface area contributed by atoms with E-state index in [-0.39, 0.29) is 11.3 Å². The number of hydrogen-bond acceptors (Lipinski definition) is 2. The van der Waals surface area contributed by atoms with Gasteiger partial charge < -0.3 is 10.0 Å². The van der Waals surface area contributed by atoms with E-state index >= 15 is 0 Å². The molecule has 17 heavy (non-hydrogen) atoms. The van der Waals surface area contributed by atoms with Gasteiger partial charge in [0.2, 0.25) is 0 Å². The van der Waals surface area contributed by atoms with Crippen molar-refractivity contribution in [2.24, 2.45) is 0 Å². The van der Waals surface area contributed by atoms with Crippen LogP contribution >= 0.6 is 15.9 Å². The fourth-order valence-electron chi connectivity index (χ4n) is 1.21. The summed E-state index contributed by atoms with van der Waals surface area (Å²) in [5, 5.41) is 9.32. The lowest BCUT2D eigenvalue weighted by Crippen LogP contribution is -2.35. The largest absolute Gasteiger partial charge is 0.507 e. The molecule has 1 aromatic carbocycles. The zero-order chi connectivity index (χ0) is 13.2. The molecule has 0 radical (unpaired) electrons. The minimum absolute atomic E-state index is 0.00236. The Bertz CT molecular complexity index is 434. The molecule has 0 unspecified atom stereocenters. The van der Waals surface area contributed by atoms with Crippen LogP contribution in [0.2, 0.25) is 0 Å². The van der Waals surface area contributed by atoms with Crippen LogP contribution in [0, 0.1) is 0 Å². The molecule has 1 amide bonds. The molecule has 0 aromatic heterocycles. The second kappa shape index (κ2) is 4.95. The molecule has 1 aromatic rings. The van der Waals surface area contributed by atoms with Gasteiger partial charge in [0, 0.05) is 12.6 Å². The maximum absolute atomic E-state index is 12.1. The molecule has 0 fully saturated rings. The van der Waals surface area contributed by atoms with Crippen molar-refractivity contribution < 1.29 is 23.1 Å². The molecule has 3 nitrogen and oxygen atoms in total. The molecule has 0 saturated heterocycles. The average Bonchev–Trinajstić information content (AvgIpc) is 2.18. The standard InChI is InChI=1S/C10H9BrF3NO2/c1-15(5-10(12,13)14)9(17)6-2-3-7(11)8(16)4-6/h2-4,16H,5H2,1H3. The van der Waals surface area contributed by atoms with Gasteiger partial charge in [0.1, 0.15) is 12.3 Å². The number of halogens is 4. The first-order valence-electron chi connectivity index (χ1n) is 4.51. The molecule has 7 heteroatoms. The predicted molar refractivity (Wildman–Crippen MR) is 58.8 cm³/mol. The smallest absolute Gasteiger partial charge is 0.406 e. The molecule has 94 valence electrons. The zero-order valence-electron chi connectivity index (χ0n) is 8.75. The van der Waals surface area contributed by atoms with Crippen LogP contribution in [0.4, 0.5) is 13.2 Å². The van der Waals surface area contributed by atoms with Crippen molar-refractivity contribution in [1.82, 2.24) is 4.90 Å². The summed E-state index contributed by atoms with van der Waals surface area (Å²) in [5.41, 5.74) is -0.00236. The summed E-state index contributed by atoms with van der Waals surface area (Å²) in [4.78, 5) is 12.1. The summed E-state index contributed by atoms with van der Waals surface area (Å²) in [5.74, 6) is -0.999. The lowest BCUT2D eigenvalue weighted by Gasteiger charge is -2.19. The Balaban J connectivity index is 2.85. The summed E-state index contributed by atoms with van der Waals surface area (Å²) in [6, 6.07) is 3.84. The summed E-state index contributed by atoms with van der Waals surface area (Å²) in [6.45, 7) is -1.33. The van der Waals surface area contributed by atoms with Crippen molar-refractivity contribution in [2.75, 3.05) is 13.6 Å². The lowest BCUT2D eigenvalue weighted by atomic mass is 10.2. The summed E-state index contributed by atoms with van der Waals surface area (Å²) in [6.07, 6.45) is -4.44. The minimum Gasteiger partial charge on any atom is -0.507 e. The molecule has 0 atom stereocenters. The third-order valence-electron chi connectivity index (χ3n) is 1.96. The Morgan fingerprint density at radius 1 is 1.47 bits per heavy atom. The van der Waals surface area contributed by atoms with Gasteiger partial charge in [0.05, 0.1) is 4.47 Å². The average molecular weight is 312 g/mol. The number of alkyl halides is 3. The Kier molecular flexibility index (Phi) is 4.03. The monoisotopic (exact) mass is 311 g/mol. The number of hydrogen-bond donors (Lipinski definition) is 1. The molecule has 0 saturated carbocycles. The van der Waals surface area contributed by atoms with Gasteiger partial charge in [0.25, 0.3) is 5.91 Å². The van der Waals surface area contributed by atoms with Crippen molar-refractivity contribution in [3.05, 3.63) is 28.2 Å². The molecule has 0 heterocycles. The number of phenolic OH excluding ortho intramolecular Hbond substituents is 1. The zero-order valence-corrected chi connectivity index (χ0v) is 10.3. The first-order chi connectivity index (χ1) is 7.70. The van der Waals surface area contributed by atoms with Crippen LogP contribution in [-0.4, -0.2) is 35.7 Å². The van der Waals surface area contributed by atoms with Gasteiger partial charge in [-0.05, 0) is 34.1 Å². The van der Waals surface area contributed by atoms with Crippen LogP contribution in [0.3, 0.4) is 0 Å². The molecule has 0 aliphatic heterocycles. The quantitative estimate of drug-likeness (QED) is 0.912. The number of phenols is 1. The van der Waals surface area contributed by atoms with Gasteiger partial charge in [-0.2, -0.15) is 13.2 Å². The first kappa shape index (κ1) is 13.8. The van der Waals surface area contributed by atoms with Crippen LogP contribution in [0.25, 0.3) is 0 Å². The van der Waals surface area contributed by atoms with E-state index in [1.807, 2.05) is 0 Å². The number of aromatic hydroxyl groups is 1. The Hall–Kier alpha value is -1.24. The predicted octanol–water partition coefficient (Wildman–Crippen LogP) is 2.79. The first-order valence-corrected chi connectivity index (χ1v) is 5.31. The molecular weight excluding hydrogens is 303 g/mol. The Morgan fingerprint density at radius 2 is 2.06 bits per heavy atom. The normalized spacial score (nSPS) is 11.4. The number of benzene rings is 1. The second-order valence-electron chi connectivity index (χ2n) is 3.44. The highest BCUT2D eigenvalue weighted by atomic mass is 79.9. The van der Waals surface area contributed by atoms with Crippen molar-refractivity contribution in [2.45, 2.75) is 6.18 Å². The highest BCUT2D eigenvalue weighted by molar-refractivity contribution is 9.10. The third kappa shape index (κ3) is 3.92. The molecule has 0 aliphatic rings. The van der Waals surface area contributed by atoms with Crippen molar-refractivity contribution in [1.29, 1.82) is 0 Å². The van der Waals surface area contributed by atoms with Crippen LogP contribution < -0.4 is 0 Å². The van der Waals surface area contributed by atoms with E-state index in [1.54, 1.807) is 0 Å². The summed E-state index contributed by atoms with van der Waals surface area (Å²) >= 11 is 3.01. The molecule has 0 bridgehead atoms. The Morgan fingerprint density at radius 3 is 2.53 bits per heavy atom. The van der Waals surface area contributed by atoms with E-state index in [4.69, 9.17) is 0 Å². The van der Waals surface area contributed by atoms with Crippen molar-refractivity contribution >= 4 is 21.8 Å². The highest BCUT2D eigenvalue weighted by Gasteiger charge is 2.31. The van der Waals surface area contributed by atoms with E-state index in [0.717, 1.165) is 13.1 Å². The molecule has 1 N–H and O–H groups in total. The summed E-state index contributed by atoms with van der Waals surface area (Å²) < 4.78 is 36.6. The fraction of sp³-hybridized carbons (Fsp3) is 0.300. The van der Waals surface area contributed by atoms with Gasteiger partial charge in [0.15, 0.2) is 0 Å². The van der Waals surface area contributed by atoms with Crippen molar-refractivity contribution in [3.8, 4) is 5.75 Å². The van der Waals surface area contributed by atoms with Crippen molar-refractivity contribution in [3.63, 3.8) is 0 Å². The Labute approximate surface area is 104 Å². The number of rotatable bonds is 2. The maximum atomic E-state index is 12.1. The van der Waals surface area contributed by atoms with E-state index in [0.29, 0.717) is 9.37 Å². The fourth-order valence-corrected chi connectivity index (χ4v) is 1.45. The van der Waals surface area contributed by atoms with Crippen LogP contribution in [-0.2, 0) is 0 Å². The number of carbonyl (C=O) groups is 1. The van der Waals surface area contributed by atoms with Crippen LogP contribution in [0.1, 0.15) is 10.4 Å². The highest BCUT2D eigenvalue weighted by Crippen LogP contribution is 2.25. The number of nitrogens with zero attached hydrogens (tertiary/aromatic N) is 1. The molecule has 0 spiro atoms. The summed E-state index contributed by atoms with van der Waals surface area (Å²) in [7, 11) is 1.05. The molecule has 1 rings (SSSR count). The molecule has 0 aliphatic carbocycles. The van der Waals surface area contributed by atoms with E-state index in [9.17, 15) is 23.1 Å². The van der Waals surface area contributed by atoms with E-state index < -0.39 is 18.6 Å². The maximum Gasteiger partial charge on any atom is 0.406 e. The van der Waals surface area contributed by atoms with E-state index in [1.165, 1.54) is 12.1 Å². The van der Waals surface area contributed by atoms with Gasteiger partial charge in [-0.25, -0.2) is 0 Å².